The van der Waals surface area contributed by atoms with Crippen molar-refractivity contribution in [3.63, 3.8) is 0 Å². The third-order valence-electron chi connectivity index (χ3n) is 4.65. The van der Waals surface area contributed by atoms with Gasteiger partial charge in [0, 0.05) is 11.5 Å². The highest BCUT2D eigenvalue weighted by molar-refractivity contribution is 5.93. The van der Waals surface area contributed by atoms with Crippen LogP contribution in [0.5, 0.6) is 11.5 Å². The third-order valence-corrected chi connectivity index (χ3v) is 4.65. The van der Waals surface area contributed by atoms with Crippen LogP contribution < -0.4 is 15.1 Å². The molecule has 7 heteroatoms. The molecule has 7 nitrogen and oxygen atoms in total. The molecule has 0 fully saturated rings. The highest BCUT2D eigenvalue weighted by Gasteiger charge is 2.16. The first kappa shape index (κ1) is 22.1. The first-order valence-electron chi connectivity index (χ1n) is 9.97. The number of hydrogen-bond acceptors (Lipinski definition) is 7. The second-order valence-corrected chi connectivity index (χ2v) is 7.30. The summed E-state index contributed by atoms with van der Waals surface area (Å²) in [5.41, 5.74) is 1.49. The molecular weight excluding hydrogens is 400 g/mol. The van der Waals surface area contributed by atoms with Gasteiger partial charge in [-0.2, -0.15) is 0 Å². The van der Waals surface area contributed by atoms with Crippen LogP contribution >= 0.6 is 0 Å². The molecule has 0 aliphatic rings. The number of carbonyl (C=O) groups is 2. The summed E-state index contributed by atoms with van der Waals surface area (Å²) in [6.45, 7) is 7.75. The van der Waals surface area contributed by atoms with Gasteiger partial charge in [0.2, 0.25) is 0 Å². The fourth-order valence-electron chi connectivity index (χ4n) is 3.20. The number of hydrogen-bond donors (Lipinski definition) is 0. The van der Waals surface area contributed by atoms with Crippen molar-refractivity contribution in [2.45, 2.75) is 33.6 Å². The second-order valence-electron chi connectivity index (χ2n) is 7.30. The van der Waals surface area contributed by atoms with Gasteiger partial charge < -0.3 is 18.6 Å². The number of benzene rings is 2. The van der Waals surface area contributed by atoms with E-state index in [1.807, 2.05) is 25.1 Å². The molecule has 0 radical (unpaired) electrons. The summed E-state index contributed by atoms with van der Waals surface area (Å²) in [7, 11) is 0. The fraction of sp³-hybridized carbons (Fsp3) is 0.292. The van der Waals surface area contributed by atoms with Crippen molar-refractivity contribution in [1.29, 1.82) is 0 Å². The van der Waals surface area contributed by atoms with E-state index in [1.54, 1.807) is 13.0 Å². The molecule has 0 aliphatic carbocycles. The summed E-state index contributed by atoms with van der Waals surface area (Å²) in [5, 5.41) is 0.499. The van der Waals surface area contributed by atoms with Gasteiger partial charge in [-0.15, -0.1) is 0 Å². The van der Waals surface area contributed by atoms with Gasteiger partial charge in [-0.1, -0.05) is 19.9 Å². The lowest BCUT2D eigenvalue weighted by atomic mass is 9.98. The highest BCUT2D eigenvalue weighted by atomic mass is 16.6. The molecule has 0 atom stereocenters. The zero-order chi connectivity index (χ0) is 22.5. The zero-order valence-corrected chi connectivity index (χ0v) is 17.9. The van der Waals surface area contributed by atoms with Crippen LogP contribution in [0.1, 0.15) is 48.2 Å². The Kier molecular flexibility index (Phi) is 6.74. The summed E-state index contributed by atoms with van der Waals surface area (Å²) in [6, 6.07) is 11.6. The summed E-state index contributed by atoms with van der Waals surface area (Å²) >= 11 is 0. The smallest absolute Gasteiger partial charge is 0.351 e. The van der Waals surface area contributed by atoms with Gasteiger partial charge in [-0.3, -0.25) is 0 Å². The lowest BCUT2D eigenvalue weighted by Gasteiger charge is -2.12. The Morgan fingerprint density at radius 2 is 1.77 bits per heavy atom. The normalized spacial score (nSPS) is 10.9. The van der Waals surface area contributed by atoms with E-state index < -0.39 is 17.6 Å². The van der Waals surface area contributed by atoms with Crippen molar-refractivity contribution >= 4 is 22.9 Å². The fourth-order valence-corrected chi connectivity index (χ4v) is 3.20. The molecule has 0 spiro atoms. The van der Waals surface area contributed by atoms with Gasteiger partial charge in [0.1, 0.15) is 22.6 Å². The predicted molar refractivity (Wildman–Crippen MR) is 115 cm³/mol. The Labute approximate surface area is 179 Å². The monoisotopic (exact) mass is 424 g/mol. The standard InChI is InChI=1S/C24H24O7/c1-5-28-23(26)20-11-16-6-7-18(12-21(16)31-24(20)27)30-22(25)13-29-17-8-9-19(14(2)3)15(4)10-17/h6-12,14H,5,13H2,1-4H3. The Hall–Kier alpha value is -3.61. The predicted octanol–water partition coefficient (Wildman–Crippen LogP) is 4.39. The van der Waals surface area contributed by atoms with Gasteiger partial charge in [-0.05, 0) is 61.2 Å². The molecular formula is C24H24O7. The Bertz CT molecular complexity index is 1170. The van der Waals surface area contributed by atoms with Crippen LogP contribution in [0.2, 0.25) is 0 Å². The van der Waals surface area contributed by atoms with Gasteiger partial charge in [0.15, 0.2) is 6.61 Å². The van der Waals surface area contributed by atoms with Crippen molar-refractivity contribution < 1.29 is 28.2 Å². The van der Waals surface area contributed by atoms with Crippen LogP contribution in [0.15, 0.2) is 51.7 Å². The van der Waals surface area contributed by atoms with Gasteiger partial charge in [-0.25, -0.2) is 14.4 Å². The lowest BCUT2D eigenvalue weighted by Crippen LogP contribution is -2.18. The number of rotatable bonds is 7. The maximum atomic E-state index is 12.2. The maximum absolute atomic E-state index is 12.2. The average molecular weight is 424 g/mol. The SMILES string of the molecule is CCOC(=O)c1cc2ccc(OC(=O)COc3ccc(C(C)C)c(C)c3)cc2oc1=O. The molecule has 0 aliphatic heterocycles. The lowest BCUT2D eigenvalue weighted by molar-refractivity contribution is -0.136. The van der Waals surface area contributed by atoms with Crippen molar-refractivity contribution in [2.75, 3.05) is 13.2 Å². The molecule has 3 aromatic rings. The average Bonchev–Trinajstić information content (AvgIpc) is 2.71. The van der Waals surface area contributed by atoms with E-state index in [4.69, 9.17) is 18.6 Å². The van der Waals surface area contributed by atoms with Crippen molar-refractivity contribution in [1.82, 2.24) is 0 Å². The largest absolute Gasteiger partial charge is 0.482 e. The summed E-state index contributed by atoms with van der Waals surface area (Å²) < 4.78 is 20.8. The van der Waals surface area contributed by atoms with E-state index in [0.717, 1.165) is 5.56 Å². The van der Waals surface area contributed by atoms with E-state index in [0.29, 0.717) is 17.1 Å². The van der Waals surface area contributed by atoms with Crippen molar-refractivity contribution in [2.24, 2.45) is 0 Å². The summed E-state index contributed by atoms with van der Waals surface area (Å²) in [5.74, 6) is -0.174. The van der Waals surface area contributed by atoms with Crippen molar-refractivity contribution in [3.05, 3.63) is 69.6 Å². The molecule has 0 unspecified atom stereocenters. The van der Waals surface area contributed by atoms with E-state index >= 15 is 0 Å². The molecule has 1 heterocycles. The molecule has 0 saturated carbocycles. The number of esters is 2. The zero-order valence-electron chi connectivity index (χ0n) is 17.9. The van der Waals surface area contributed by atoms with E-state index in [-0.39, 0.29) is 30.1 Å². The molecule has 0 saturated heterocycles. The van der Waals surface area contributed by atoms with Crippen LogP contribution in [0.3, 0.4) is 0 Å². The second kappa shape index (κ2) is 9.47. The van der Waals surface area contributed by atoms with Gasteiger partial charge >= 0.3 is 17.6 Å². The number of ether oxygens (including phenoxy) is 3. The molecule has 0 bridgehead atoms. The number of aryl methyl sites for hydroxylation is 1. The highest BCUT2D eigenvalue weighted by Crippen LogP contribution is 2.24. The minimum Gasteiger partial charge on any atom is -0.482 e. The third kappa shape index (κ3) is 5.31. The van der Waals surface area contributed by atoms with E-state index in [2.05, 4.69) is 13.8 Å². The topological polar surface area (TPSA) is 92.0 Å². The molecule has 1 aromatic heterocycles. The van der Waals surface area contributed by atoms with Gasteiger partial charge in [0.25, 0.3) is 0 Å². The first-order chi connectivity index (χ1) is 14.8. The Morgan fingerprint density at radius 3 is 2.45 bits per heavy atom. The summed E-state index contributed by atoms with van der Waals surface area (Å²) in [6.07, 6.45) is 0. The Morgan fingerprint density at radius 1 is 1.03 bits per heavy atom. The molecule has 2 aromatic carbocycles. The minimum absolute atomic E-state index is 0.148. The molecule has 3 rings (SSSR count). The minimum atomic E-state index is -0.821. The van der Waals surface area contributed by atoms with Crippen LogP contribution in [-0.4, -0.2) is 25.2 Å². The first-order valence-corrected chi connectivity index (χ1v) is 9.97. The number of carbonyl (C=O) groups excluding carboxylic acids is 2. The van der Waals surface area contributed by atoms with Gasteiger partial charge in [0.05, 0.1) is 6.61 Å². The maximum Gasteiger partial charge on any atom is 0.351 e. The van der Waals surface area contributed by atoms with Crippen LogP contribution in [-0.2, 0) is 9.53 Å². The van der Waals surface area contributed by atoms with E-state index in [1.165, 1.54) is 23.8 Å². The molecule has 31 heavy (non-hydrogen) atoms. The quantitative estimate of drug-likeness (QED) is 0.316. The molecule has 0 N–H and O–H groups in total. The van der Waals surface area contributed by atoms with Crippen LogP contribution in [0.25, 0.3) is 11.0 Å². The molecule has 162 valence electrons. The van der Waals surface area contributed by atoms with Crippen molar-refractivity contribution in [3.8, 4) is 11.5 Å². The van der Waals surface area contributed by atoms with E-state index in [9.17, 15) is 14.4 Å². The molecule has 0 amide bonds. The van der Waals surface area contributed by atoms with Crippen LogP contribution in [0, 0.1) is 6.92 Å². The summed E-state index contributed by atoms with van der Waals surface area (Å²) in [4.78, 5) is 36.0. The number of fused-ring (bicyclic) bond motifs is 1. The Balaban J connectivity index is 1.68. The van der Waals surface area contributed by atoms with Crippen LogP contribution in [0.4, 0.5) is 0 Å².